The molecule has 10 heteroatoms. The van der Waals surface area contributed by atoms with E-state index in [9.17, 15) is 14.9 Å². The number of amides is 1. The smallest absolute Gasteiger partial charge is 0.294 e. The Hall–Kier alpha value is -2.22. The van der Waals surface area contributed by atoms with Gasteiger partial charge in [-0.2, -0.15) is 0 Å². The minimum atomic E-state index is -0.741. The first-order valence-corrected chi connectivity index (χ1v) is 9.99. The van der Waals surface area contributed by atoms with Gasteiger partial charge in [-0.25, -0.2) is 0 Å². The number of nitro benzene ring substituents is 1. The molecule has 0 saturated carbocycles. The fourth-order valence-corrected chi connectivity index (χ4v) is 3.93. The molecule has 1 saturated heterocycles. The summed E-state index contributed by atoms with van der Waals surface area (Å²) in [5, 5.41) is 12.4. The highest BCUT2D eigenvalue weighted by Crippen LogP contribution is 2.36. The molecule has 1 fully saturated rings. The highest BCUT2D eigenvalue weighted by molar-refractivity contribution is 6.35. The summed E-state index contributed by atoms with van der Waals surface area (Å²) < 4.78 is 5.69. The Morgan fingerprint density at radius 2 is 1.79 bits per heavy atom. The first kappa shape index (κ1) is 21.5. The molecule has 29 heavy (non-hydrogen) atoms. The van der Waals surface area contributed by atoms with Crippen molar-refractivity contribution in [1.29, 1.82) is 0 Å². The summed E-state index contributed by atoms with van der Waals surface area (Å²) in [6.07, 6.45) is -0.741. The predicted octanol–water partition coefficient (Wildman–Crippen LogP) is 4.67. The fraction of sp³-hybridized carbons (Fsp3) is 0.316. The van der Waals surface area contributed by atoms with Gasteiger partial charge in [0.2, 0.25) is 0 Å². The standard InChI is InChI=1S/C19H18Cl3N3O4/c1-12(29-17-6-5-13(20)11-15(17)22)19(26)24-9-7-23(8-10-24)18-14(21)3-2-4-16(18)25(27)28/h2-6,11-12H,7-10H2,1H3. The number of para-hydroxylation sites is 1. The fourth-order valence-electron chi connectivity index (χ4n) is 3.18. The van der Waals surface area contributed by atoms with Crippen molar-refractivity contribution in [3.63, 3.8) is 0 Å². The van der Waals surface area contributed by atoms with Gasteiger partial charge in [0.05, 0.1) is 15.0 Å². The van der Waals surface area contributed by atoms with E-state index in [2.05, 4.69) is 0 Å². The van der Waals surface area contributed by atoms with E-state index in [1.54, 1.807) is 42.2 Å². The van der Waals surface area contributed by atoms with E-state index in [1.165, 1.54) is 6.07 Å². The average Bonchev–Trinajstić information content (AvgIpc) is 2.69. The second-order valence-corrected chi connectivity index (χ2v) is 7.76. The molecule has 0 bridgehead atoms. The Labute approximate surface area is 182 Å². The molecule has 7 nitrogen and oxygen atoms in total. The van der Waals surface area contributed by atoms with Gasteiger partial charge in [0, 0.05) is 37.3 Å². The van der Waals surface area contributed by atoms with Crippen molar-refractivity contribution in [2.24, 2.45) is 0 Å². The van der Waals surface area contributed by atoms with E-state index in [0.29, 0.717) is 52.7 Å². The molecule has 1 heterocycles. The molecule has 1 aliphatic heterocycles. The molecule has 1 amide bonds. The van der Waals surface area contributed by atoms with Gasteiger partial charge >= 0.3 is 0 Å². The van der Waals surface area contributed by atoms with Crippen LogP contribution in [0.1, 0.15) is 6.92 Å². The maximum atomic E-state index is 12.7. The number of nitrogens with zero attached hydrogens (tertiary/aromatic N) is 3. The van der Waals surface area contributed by atoms with E-state index in [1.807, 2.05) is 4.90 Å². The second-order valence-electron chi connectivity index (χ2n) is 6.51. The van der Waals surface area contributed by atoms with Gasteiger partial charge in [-0.15, -0.1) is 0 Å². The highest BCUT2D eigenvalue weighted by Gasteiger charge is 2.30. The van der Waals surface area contributed by atoms with Crippen LogP contribution in [-0.2, 0) is 4.79 Å². The van der Waals surface area contributed by atoms with Gasteiger partial charge in [-0.3, -0.25) is 14.9 Å². The molecule has 3 rings (SSSR count). The van der Waals surface area contributed by atoms with Crippen molar-refractivity contribution in [3.05, 3.63) is 61.6 Å². The lowest BCUT2D eigenvalue weighted by atomic mass is 10.2. The van der Waals surface area contributed by atoms with E-state index >= 15 is 0 Å². The normalized spacial score (nSPS) is 15.2. The van der Waals surface area contributed by atoms with E-state index in [4.69, 9.17) is 39.5 Å². The molecule has 2 aromatic rings. The van der Waals surface area contributed by atoms with Crippen molar-refractivity contribution in [1.82, 2.24) is 4.90 Å². The summed E-state index contributed by atoms with van der Waals surface area (Å²) in [5.41, 5.74) is 0.329. The van der Waals surface area contributed by atoms with Gasteiger partial charge in [0.1, 0.15) is 11.4 Å². The Morgan fingerprint density at radius 3 is 2.41 bits per heavy atom. The Morgan fingerprint density at radius 1 is 1.10 bits per heavy atom. The van der Waals surface area contributed by atoms with Crippen LogP contribution in [0.15, 0.2) is 36.4 Å². The number of piperazine rings is 1. The summed E-state index contributed by atoms with van der Waals surface area (Å²) in [4.78, 5) is 27.1. The van der Waals surface area contributed by atoms with Gasteiger partial charge in [0.25, 0.3) is 11.6 Å². The molecule has 1 atom stereocenters. The number of halogens is 3. The Balaban J connectivity index is 1.65. The van der Waals surface area contributed by atoms with E-state index < -0.39 is 11.0 Å². The molecule has 0 N–H and O–H groups in total. The average molecular weight is 459 g/mol. The Bertz CT molecular complexity index is 933. The van der Waals surface area contributed by atoms with Crippen LogP contribution in [0.2, 0.25) is 15.1 Å². The summed E-state index contributed by atoms with van der Waals surface area (Å²) in [5.74, 6) is 0.187. The van der Waals surface area contributed by atoms with Crippen LogP contribution in [-0.4, -0.2) is 48.0 Å². The SMILES string of the molecule is CC(Oc1ccc(Cl)cc1Cl)C(=O)N1CCN(c2c(Cl)cccc2[N+](=O)[O-])CC1. The van der Waals surface area contributed by atoms with Crippen molar-refractivity contribution in [3.8, 4) is 5.75 Å². The number of rotatable bonds is 5. The van der Waals surface area contributed by atoms with Crippen LogP contribution in [0.3, 0.4) is 0 Å². The number of hydrogen-bond acceptors (Lipinski definition) is 5. The lowest BCUT2D eigenvalue weighted by molar-refractivity contribution is -0.384. The number of anilines is 1. The lowest BCUT2D eigenvalue weighted by Crippen LogP contribution is -2.52. The van der Waals surface area contributed by atoms with Gasteiger partial charge in [0.15, 0.2) is 6.10 Å². The number of hydrogen-bond donors (Lipinski definition) is 0. The monoisotopic (exact) mass is 457 g/mol. The van der Waals surface area contributed by atoms with E-state index in [-0.39, 0.29) is 11.6 Å². The molecule has 0 aliphatic carbocycles. The molecule has 0 aromatic heterocycles. The third-order valence-corrected chi connectivity index (χ3v) is 5.45. The lowest BCUT2D eigenvalue weighted by Gasteiger charge is -2.37. The number of carbonyl (C=O) groups excluding carboxylic acids is 1. The second kappa shape index (κ2) is 9.07. The summed E-state index contributed by atoms with van der Waals surface area (Å²) >= 11 is 18.2. The molecule has 154 valence electrons. The minimum absolute atomic E-state index is 0.0497. The van der Waals surface area contributed by atoms with Crippen LogP contribution in [0.4, 0.5) is 11.4 Å². The molecule has 1 unspecified atom stereocenters. The van der Waals surface area contributed by atoms with Crippen LogP contribution >= 0.6 is 34.8 Å². The first-order chi connectivity index (χ1) is 13.8. The Kier molecular flexibility index (Phi) is 6.72. The molecule has 2 aromatic carbocycles. The number of carbonyl (C=O) groups is 1. The van der Waals surface area contributed by atoms with Crippen molar-refractivity contribution >= 4 is 52.1 Å². The zero-order chi connectivity index (χ0) is 21.1. The summed E-state index contributed by atoms with van der Waals surface area (Å²) in [6.45, 7) is 3.28. The van der Waals surface area contributed by atoms with Crippen LogP contribution in [0.5, 0.6) is 5.75 Å². The number of benzene rings is 2. The van der Waals surface area contributed by atoms with Crippen LogP contribution < -0.4 is 9.64 Å². The number of ether oxygens (including phenoxy) is 1. The van der Waals surface area contributed by atoms with Gasteiger partial charge in [-0.1, -0.05) is 40.9 Å². The van der Waals surface area contributed by atoms with Crippen LogP contribution in [0.25, 0.3) is 0 Å². The van der Waals surface area contributed by atoms with Gasteiger partial charge in [-0.05, 0) is 31.2 Å². The molecular formula is C19H18Cl3N3O4. The quantitative estimate of drug-likeness (QED) is 0.481. The largest absolute Gasteiger partial charge is 0.479 e. The maximum Gasteiger partial charge on any atom is 0.294 e. The third-order valence-electron chi connectivity index (χ3n) is 4.62. The van der Waals surface area contributed by atoms with Crippen molar-refractivity contribution in [2.45, 2.75) is 13.0 Å². The minimum Gasteiger partial charge on any atom is -0.479 e. The zero-order valence-electron chi connectivity index (χ0n) is 15.5. The molecule has 0 radical (unpaired) electrons. The van der Waals surface area contributed by atoms with Crippen LogP contribution in [0, 0.1) is 10.1 Å². The molecule has 0 spiro atoms. The predicted molar refractivity (Wildman–Crippen MR) is 113 cm³/mol. The van der Waals surface area contributed by atoms with Crippen molar-refractivity contribution in [2.75, 3.05) is 31.1 Å². The zero-order valence-corrected chi connectivity index (χ0v) is 17.7. The summed E-state index contributed by atoms with van der Waals surface area (Å²) in [6, 6.07) is 9.38. The molecule has 1 aliphatic rings. The first-order valence-electron chi connectivity index (χ1n) is 8.86. The summed E-state index contributed by atoms with van der Waals surface area (Å²) in [7, 11) is 0. The maximum absolute atomic E-state index is 12.7. The third kappa shape index (κ3) is 4.86. The highest BCUT2D eigenvalue weighted by atomic mass is 35.5. The topological polar surface area (TPSA) is 75.9 Å². The van der Waals surface area contributed by atoms with E-state index in [0.717, 1.165) is 0 Å². The molecular weight excluding hydrogens is 441 g/mol. The van der Waals surface area contributed by atoms with Gasteiger partial charge < -0.3 is 14.5 Å². The number of nitro groups is 1. The van der Waals surface area contributed by atoms with Crippen molar-refractivity contribution < 1.29 is 14.5 Å².